The number of aromatic nitrogens is 1. The van der Waals surface area contributed by atoms with Gasteiger partial charge in [-0.1, -0.05) is 18.2 Å². The number of aliphatic imine (C=N–C) groups is 1. The molecule has 9 heteroatoms. The number of nitrogens with one attached hydrogen (secondary N) is 1. The summed E-state index contributed by atoms with van der Waals surface area (Å²) >= 11 is 1.24. The number of carbonyl (C=O) groups excluding carboxylic acids is 1. The molecular weight excluding hydrogens is 474 g/mol. The second-order valence-corrected chi connectivity index (χ2v) is 9.52. The maximum absolute atomic E-state index is 12.9. The van der Waals surface area contributed by atoms with Crippen LogP contribution in [-0.4, -0.2) is 45.2 Å². The Labute approximate surface area is 213 Å². The van der Waals surface area contributed by atoms with Crippen LogP contribution in [0.1, 0.15) is 22.5 Å². The number of thioether (sulfide) groups is 1. The molecule has 0 atom stereocenters. The molecule has 0 radical (unpaired) electrons. The number of benzene rings is 2. The highest BCUT2D eigenvalue weighted by atomic mass is 32.2. The van der Waals surface area contributed by atoms with Crippen LogP contribution >= 0.6 is 11.8 Å². The molecule has 8 nitrogen and oxygen atoms in total. The molecule has 36 heavy (non-hydrogen) atoms. The number of hydrazone groups is 1. The molecule has 0 bridgehead atoms. The molecule has 1 amide bonds. The van der Waals surface area contributed by atoms with E-state index >= 15 is 0 Å². The van der Waals surface area contributed by atoms with Crippen LogP contribution < -0.4 is 9.47 Å². The summed E-state index contributed by atoms with van der Waals surface area (Å²) in [6.07, 6.45) is 1.71. The molecule has 2 aliphatic heterocycles. The summed E-state index contributed by atoms with van der Waals surface area (Å²) in [5.74, 6) is 1.04. The fourth-order valence-corrected chi connectivity index (χ4v) is 4.97. The van der Waals surface area contributed by atoms with E-state index in [0.717, 1.165) is 39.7 Å². The topological polar surface area (TPSA) is 92.3 Å². The lowest BCUT2D eigenvalue weighted by atomic mass is 10.1. The minimum atomic E-state index is -0.457. The van der Waals surface area contributed by atoms with E-state index in [0.29, 0.717) is 10.2 Å². The molecule has 0 saturated carbocycles. The second-order valence-electron chi connectivity index (χ2n) is 8.48. The minimum absolute atomic E-state index is 0.00533. The summed E-state index contributed by atoms with van der Waals surface area (Å²) < 4.78 is 13.3. The molecule has 1 N–H and O–H groups in total. The van der Waals surface area contributed by atoms with Crippen molar-refractivity contribution >= 4 is 39.8 Å². The molecule has 2 aliphatic rings. The van der Waals surface area contributed by atoms with Crippen LogP contribution in [0.2, 0.25) is 0 Å². The van der Waals surface area contributed by atoms with E-state index in [1.54, 1.807) is 13.2 Å². The molecular formula is C27H25N5O3S. The Morgan fingerprint density at radius 3 is 2.61 bits per heavy atom. The number of hydrogen-bond acceptors (Lipinski definition) is 6. The van der Waals surface area contributed by atoms with Gasteiger partial charge in [0.1, 0.15) is 23.1 Å². The van der Waals surface area contributed by atoms with Gasteiger partial charge < -0.3 is 14.0 Å². The van der Waals surface area contributed by atoms with E-state index in [2.05, 4.69) is 14.7 Å². The number of aryl methyl sites for hydroxylation is 2. The van der Waals surface area contributed by atoms with Gasteiger partial charge in [0.15, 0.2) is 5.84 Å². The average Bonchev–Trinajstić information content (AvgIpc) is 3.40. The van der Waals surface area contributed by atoms with Gasteiger partial charge >= 0.3 is 0 Å². The number of methoxy groups -OCH3 is 1. The van der Waals surface area contributed by atoms with Gasteiger partial charge in [-0.25, -0.2) is 0 Å². The van der Waals surface area contributed by atoms with E-state index in [1.807, 2.05) is 75.4 Å². The van der Waals surface area contributed by atoms with Crippen LogP contribution in [0.3, 0.4) is 0 Å². The lowest BCUT2D eigenvalue weighted by Crippen LogP contribution is -2.35. The third kappa shape index (κ3) is 4.45. The molecule has 5 rings (SSSR count). The number of fused-ring (bicyclic) bond motifs is 1. The van der Waals surface area contributed by atoms with Crippen molar-refractivity contribution in [2.45, 2.75) is 20.8 Å². The van der Waals surface area contributed by atoms with Gasteiger partial charge in [-0.2, -0.15) is 15.1 Å². The first-order valence-corrected chi connectivity index (χ1v) is 12.2. The first-order chi connectivity index (χ1) is 17.3. The largest absolute Gasteiger partial charge is 0.497 e. The van der Waals surface area contributed by atoms with Crippen molar-refractivity contribution in [3.8, 4) is 17.2 Å². The number of ether oxygens (including phenoxy) is 2. The van der Waals surface area contributed by atoms with Crippen LogP contribution in [-0.2, 0) is 4.79 Å². The van der Waals surface area contributed by atoms with Gasteiger partial charge in [0.2, 0.25) is 5.17 Å². The van der Waals surface area contributed by atoms with Crippen molar-refractivity contribution in [3.63, 3.8) is 0 Å². The zero-order valence-corrected chi connectivity index (χ0v) is 21.2. The molecule has 3 aromatic rings. The molecule has 182 valence electrons. The first kappa shape index (κ1) is 23.6. The summed E-state index contributed by atoms with van der Waals surface area (Å²) in [5.41, 5.74) is 5.02. The maximum Gasteiger partial charge on any atom is 0.283 e. The fourth-order valence-electron chi connectivity index (χ4n) is 4.18. The van der Waals surface area contributed by atoms with E-state index in [-0.39, 0.29) is 18.0 Å². The highest BCUT2D eigenvalue weighted by Gasteiger charge is 2.36. The summed E-state index contributed by atoms with van der Waals surface area (Å²) in [7, 11) is 1.64. The van der Waals surface area contributed by atoms with E-state index in [4.69, 9.17) is 14.9 Å². The molecule has 0 unspecified atom stereocenters. The Bertz CT molecular complexity index is 1480. The van der Waals surface area contributed by atoms with Crippen molar-refractivity contribution in [1.82, 2.24) is 9.58 Å². The Morgan fingerprint density at radius 1 is 1.06 bits per heavy atom. The number of carbonyl (C=O) groups is 1. The third-order valence-corrected chi connectivity index (χ3v) is 6.81. The second kappa shape index (κ2) is 9.50. The van der Waals surface area contributed by atoms with Gasteiger partial charge in [-0.15, -0.1) is 0 Å². The molecule has 0 fully saturated rings. The summed E-state index contributed by atoms with van der Waals surface area (Å²) in [5, 5.41) is 15.6. The van der Waals surface area contributed by atoms with E-state index in [1.165, 1.54) is 16.8 Å². The van der Waals surface area contributed by atoms with Crippen LogP contribution in [0.5, 0.6) is 11.5 Å². The Morgan fingerprint density at radius 2 is 1.83 bits per heavy atom. The van der Waals surface area contributed by atoms with Crippen molar-refractivity contribution in [2.75, 3.05) is 13.7 Å². The Hall–Kier alpha value is -4.11. The predicted octanol–water partition coefficient (Wildman–Crippen LogP) is 5.11. The summed E-state index contributed by atoms with van der Waals surface area (Å²) in [6, 6.07) is 17.5. The first-order valence-electron chi connectivity index (χ1n) is 11.4. The van der Waals surface area contributed by atoms with Gasteiger partial charge in [0.05, 0.1) is 12.7 Å². The Kier molecular flexibility index (Phi) is 6.24. The Balaban J connectivity index is 1.40. The smallest absolute Gasteiger partial charge is 0.283 e. The number of hydrogen-bond donors (Lipinski definition) is 1. The third-order valence-electron chi connectivity index (χ3n) is 5.93. The minimum Gasteiger partial charge on any atom is -0.497 e. The van der Waals surface area contributed by atoms with E-state index in [9.17, 15) is 4.79 Å². The van der Waals surface area contributed by atoms with Gasteiger partial charge in [-0.3, -0.25) is 10.2 Å². The monoisotopic (exact) mass is 499 g/mol. The number of nitrogens with zero attached hydrogens (tertiary/aromatic N) is 4. The lowest BCUT2D eigenvalue weighted by molar-refractivity contribution is -0.114. The quantitative estimate of drug-likeness (QED) is 0.476. The molecule has 3 heterocycles. The molecule has 2 aromatic carbocycles. The van der Waals surface area contributed by atoms with Gasteiger partial charge in [0, 0.05) is 23.1 Å². The molecule has 0 spiro atoms. The standard InChI is InChI=1S/C27H25N5O3S/c1-16-7-5-10-22(11-16)35-15-24-30-32-25(28)23(26(33)29-27(32)36-24)13-19-12-17(2)31(18(19)3)20-8-6-9-21(14-20)34-4/h5-14,28H,15H2,1-4H3/b23-13-,28-25?. The summed E-state index contributed by atoms with van der Waals surface area (Å²) in [6.45, 7) is 6.21. The molecule has 1 aromatic heterocycles. The zero-order chi connectivity index (χ0) is 25.4. The molecule has 0 saturated heterocycles. The van der Waals surface area contributed by atoms with Crippen molar-refractivity contribution in [2.24, 2.45) is 10.1 Å². The van der Waals surface area contributed by atoms with Gasteiger partial charge in [0.25, 0.3) is 5.91 Å². The van der Waals surface area contributed by atoms with Crippen molar-refractivity contribution < 1.29 is 14.3 Å². The van der Waals surface area contributed by atoms with Crippen molar-refractivity contribution in [1.29, 1.82) is 5.41 Å². The number of amides is 1. The van der Waals surface area contributed by atoms with Crippen LogP contribution in [0.4, 0.5) is 0 Å². The fraction of sp³-hybridized carbons (Fsp3) is 0.185. The maximum atomic E-state index is 12.9. The van der Waals surface area contributed by atoms with Crippen LogP contribution in [0.15, 0.2) is 70.3 Å². The highest BCUT2D eigenvalue weighted by molar-refractivity contribution is 8.27. The zero-order valence-electron chi connectivity index (χ0n) is 20.4. The predicted molar refractivity (Wildman–Crippen MR) is 143 cm³/mol. The van der Waals surface area contributed by atoms with E-state index < -0.39 is 5.91 Å². The SMILES string of the molecule is COc1cccc(-n2c(C)cc(/C=C3/C(=N)N4N=C(COc5cccc(C)c5)SC4=NC3=O)c2C)c1. The number of amidine groups is 2. The van der Waals surface area contributed by atoms with Gasteiger partial charge in [-0.05, 0) is 80.1 Å². The highest BCUT2D eigenvalue weighted by Crippen LogP contribution is 2.30. The van der Waals surface area contributed by atoms with Crippen molar-refractivity contribution in [3.05, 3.63) is 82.7 Å². The van der Waals surface area contributed by atoms with Crippen LogP contribution in [0, 0.1) is 26.2 Å². The lowest BCUT2D eigenvalue weighted by Gasteiger charge is -2.20. The van der Waals surface area contributed by atoms with Crippen LogP contribution in [0.25, 0.3) is 11.8 Å². The summed E-state index contributed by atoms with van der Waals surface area (Å²) in [4.78, 5) is 17.1. The molecule has 0 aliphatic carbocycles. The normalized spacial score (nSPS) is 16.2. The average molecular weight is 500 g/mol. The number of rotatable bonds is 6.